The molecule has 2 N–H and O–H groups in total. The van der Waals surface area contributed by atoms with Gasteiger partial charge < -0.3 is 24.5 Å². The first-order chi connectivity index (χ1) is 18.0. The van der Waals surface area contributed by atoms with E-state index in [0.29, 0.717) is 47.3 Å². The van der Waals surface area contributed by atoms with Crippen molar-refractivity contribution in [2.45, 2.75) is 66.0 Å². The fourth-order valence-electron chi connectivity index (χ4n) is 4.95. The lowest BCUT2D eigenvalue weighted by molar-refractivity contribution is 0.0206. The molecule has 1 amide bonds. The average molecular weight is 521 g/mol. The molecule has 10 heteroatoms. The van der Waals surface area contributed by atoms with Crippen molar-refractivity contribution in [1.82, 2.24) is 25.0 Å². The van der Waals surface area contributed by atoms with Crippen LogP contribution in [0.4, 0.5) is 15.1 Å². The van der Waals surface area contributed by atoms with Crippen LogP contribution in [0, 0.1) is 26.6 Å². The van der Waals surface area contributed by atoms with Gasteiger partial charge in [-0.15, -0.1) is 0 Å². The van der Waals surface area contributed by atoms with Gasteiger partial charge in [-0.05, 0) is 72.1 Å². The number of hydrogen-bond acceptors (Lipinski definition) is 7. The number of aromatic nitrogens is 4. The van der Waals surface area contributed by atoms with E-state index in [9.17, 15) is 4.79 Å². The molecule has 0 saturated carbocycles. The van der Waals surface area contributed by atoms with E-state index in [2.05, 4.69) is 20.4 Å². The van der Waals surface area contributed by atoms with Crippen LogP contribution in [-0.2, 0) is 4.74 Å². The van der Waals surface area contributed by atoms with E-state index in [-0.39, 0.29) is 18.0 Å². The van der Waals surface area contributed by atoms with Crippen molar-refractivity contribution >= 4 is 22.9 Å². The Kier molecular flexibility index (Phi) is 6.58. The maximum absolute atomic E-state index is 15.3. The van der Waals surface area contributed by atoms with E-state index in [1.165, 1.54) is 6.07 Å². The third-order valence-electron chi connectivity index (χ3n) is 6.71. The molecule has 0 radical (unpaired) electrons. The van der Waals surface area contributed by atoms with E-state index in [0.717, 1.165) is 34.9 Å². The molecule has 1 aliphatic rings. The van der Waals surface area contributed by atoms with E-state index < -0.39 is 5.60 Å². The number of nitrogens with zero attached hydrogens (tertiary/aromatic N) is 4. The standard InChI is InChI=1S/C28H33FN6O3/c1-15-12-31-26(32-18-8-7-9-35(14-18)27(36)37-28(4,5)6)33-25(15)21-13-30-23-11-20(22(29)10-19(21)23)24-16(2)34-38-17(24)3/h10-13,18,30H,7-9,14H2,1-6H3,(H,31,32,33)/t18-/m0/s1. The third kappa shape index (κ3) is 5.07. The van der Waals surface area contributed by atoms with Crippen molar-refractivity contribution in [2.75, 3.05) is 18.4 Å². The van der Waals surface area contributed by atoms with Crippen molar-refractivity contribution in [2.24, 2.45) is 0 Å². The van der Waals surface area contributed by atoms with Crippen molar-refractivity contribution < 1.29 is 18.4 Å². The van der Waals surface area contributed by atoms with Gasteiger partial charge in [0, 0.05) is 53.6 Å². The summed E-state index contributed by atoms with van der Waals surface area (Å²) in [7, 11) is 0. The molecule has 9 nitrogen and oxygen atoms in total. The Morgan fingerprint density at radius 2 is 2.03 bits per heavy atom. The number of fused-ring (bicyclic) bond motifs is 1. The minimum absolute atomic E-state index is 0.00940. The summed E-state index contributed by atoms with van der Waals surface area (Å²) in [5.74, 6) is 0.675. The minimum Gasteiger partial charge on any atom is -0.444 e. The second kappa shape index (κ2) is 9.74. The molecule has 1 aromatic carbocycles. The summed E-state index contributed by atoms with van der Waals surface area (Å²) in [6.07, 6.45) is 5.02. The minimum atomic E-state index is -0.543. The number of benzene rings is 1. The number of likely N-dealkylation sites (tertiary alicyclic amines) is 1. The van der Waals surface area contributed by atoms with Crippen LogP contribution >= 0.6 is 0 Å². The molecular formula is C28H33FN6O3. The molecule has 38 heavy (non-hydrogen) atoms. The molecule has 4 aromatic rings. The van der Waals surface area contributed by atoms with Gasteiger partial charge in [0.2, 0.25) is 5.95 Å². The molecule has 0 unspecified atom stereocenters. The number of carbonyl (C=O) groups is 1. The SMILES string of the molecule is Cc1cnc(N[C@H]2CCCN(C(=O)OC(C)(C)C)C2)nc1-c1c[nH]c2cc(-c3c(C)noc3C)c(F)cc12. The molecule has 5 rings (SSSR count). The van der Waals surface area contributed by atoms with Crippen molar-refractivity contribution in [3.05, 3.63) is 47.4 Å². The highest BCUT2D eigenvalue weighted by atomic mass is 19.1. The van der Waals surface area contributed by atoms with Gasteiger partial charge in [-0.2, -0.15) is 0 Å². The van der Waals surface area contributed by atoms with E-state index >= 15 is 4.39 Å². The highest BCUT2D eigenvalue weighted by molar-refractivity contribution is 5.97. The Labute approximate surface area is 220 Å². The smallest absolute Gasteiger partial charge is 0.410 e. The first-order valence-electron chi connectivity index (χ1n) is 12.8. The number of carbonyl (C=O) groups excluding carboxylic acids is 1. The maximum atomic E-state index is 15.3. The van der Waals surface area contributed by atoms with Gasteiger partial charge in [0.15, 0.2) is 0 Å². The van der Waals surface area contributed by atoms with Gasteiger partial charge in [-0.3, -0.25) is 0 Å². The van der Waals surface area contributed by atoms with Crippen LogP contribution in [0.3, 0.4) is 0 Å². The quantitative estimate of drug-likeness (QED) is 0.332. The van der Waals surface area contributed by atoms with Gasteiger partial charge >= 0.3 is 6.09 Å². The number of amides is 1. The predicted molar refractivity (Wildman–Crippen MR) is 143 cm³/mol. The monoisotopic (exact) mass is 520 g/mol. The van der Waals surface area contributed by atoms with E-state index in [1.807, 2.05) is 33.9 Å². The summed E-state index contributed by atoms with van der Waals surface area (Å²) in [6, 6.07) is 3.30. The predicted octanol–water partition coefficient (Wildman–Crippen LogP) is 6.16. The summed E-state index contributed by atoms with van der Waals surface area (Å²) in [6.45, 7) is 12.2. The van der Waals surface area contributed by atoms with Crippen LogP contribution in [0.1, 0.15) is 50.6 Å². The lowest BCUT2D eigenvalue weighted by Crippen LogP contribution is -2.47. The van der Waals surface area contributed by atoms with Crippen LogP contribution in [0.5, 0.6) is 0 Å². The maximum Gasteiger partial charge on any atom is 0.410 e. The molecule has 0 spiro atoms. The van der Waals surface area contributed by atoms with E-state index in [1.54, 1.807) is 31.0 Å². The summed E-state index contributed by atoms with van der Waals surface area (Å²) < 4.78 is 26.1. The number of ether oxygens (including phenoxy) is 1. The molecule has 1 fully saturated rings. The van der Waals surface area contributed by atoms with Crippen molar-refractivity contribution in [1.29, 1.82) is 0 Å². The first kappa shape index (κ1) is 25.7. The molecule has 1 atom stereocenters. The van der Waals surface area contributed by atoms with Crippen LogP contribution in [0.2, 0.25) is 0 Å². The zero-order valence-electron chi connectivity index (χ0n) is 22.6. The zero-order chi connectivity index (χ0) is 27.2. The second-order valence-corrected chi connectivity index (χ2v) is 10.9. The number of H-pyrrole nitrogens is 1. The Morgan fingerprint density at radius 1 is 1.24 bits per heavy atom. The van der Waals surface area contributed by atoms with Gasteiger partial charge in [0.25, 0.3) is 0 Å². The van der Waals surface area contributed by atoms with Crippen molar-refractivity contribution in [3.63, 3.8) is 0 Å². The highest BCUT2D eigenvalue weighted by Gasteiger charge is 2.28. The summed E-state index contributed by atoms with van der Waals surface area (Å²) in [5.41, 5.74) is 4.34. The Hall–Kier alpha value is -3.95. The lowest BCUT2D eigenvalue weighted by atomic mass is 10.00. The number of aromatic amines is 1. The number of anilines is 1. The number of rotatable bonds is 4. The van der Waals surface area contributed by atoms with Crippen molar-refractivity contribution in [3.8, 4) is 22.4 Å². The van der Waals surface area contributed by atoms with E-state index in [4.69, 9.17) is 14.2 Å². The molecule has 1 aliphatic heterocycles. The lowest BCUT2D eigenvalue weighted by Gasteiger charge is -2.34. The van der Waals surface area contributed by atoms with Crippen LogP contribution < -0.4 is 5.32 Å². The second-order valence-electron chi connectivity index (χ2n) is 10.9. The largest absolute Gasteiger partial charge is 0.444 e. The molecular weight excluding hydrogens is 487 g/mol. The first-order valence-corrected chi connectivity index (χ1v) is 12.8. The number of halogens is 1. The normalized spacial score (nSPS) is 16.2. The third-order valence-corrected chi connectivity index (χ3v) is 6.71. The number of piperidine rings is 1. The topological polar surface area (TPSA) is 109 Å². The summed E-state index contributed by atoms with van der Waals surface area (Å²) in [5, 5.41) is 8.07. The Balaban J connectivity index is 1.41. The Bertz CT molecular complexity index is 1480. The fourth-order valence-corrected chi connectivity index (χ4v) is 4.95. The molecule has 200 valence electrons. The zero-order valence-corrected chi connectivity index (χ0v) is 22.6. The number of nitrogens with one attached hydrogen (secondary N) is 2. The average Bonchev–Trinajstić information content (AvgIpc) is 3.40. The summed E-state index contributed by atoms with van der Waals surface area (Å²) in [4.78, 5) is 26.8. The van der Waals surface area contributed by atoms with Gasteiger partial charge in [0.1, 0.15) is 17.2 Å². The van der Waals surface area contributed by atoms with Crippen LogP contribution in [0.25, 0.3) is 33.3 Å². The molecule has 0 aliphatic carbocycles. The molecule has 4 heterocycles. The van der Waals surface area contributed by atoms with Gasteiger partial charge in [0.05, 0.1) is 17.0 Å². The molecule has 3 aromatic heterocycles. The van der Waals surface area contributed by atoms with Crippen LogP contribution in [-0.4, -0.2) is 55.8 Å². The van der Waals surface area contributed by atoms with Gasteiger partial charge in [-0.1, -0.05) is 5.16 Å². The molecule has 0 bridgehead atoms. The molecule has 1 saturated heterocycles. The fraction of sp³-hybridized carbons (Fsp3) is 0.429. The van der Waals surface area contributed by atoms with Gasteiger partial charge in [-0.25, -0.2) is 19.2 Å². The van der Waals surface area contributed by atoms with Crippen LogP contribution in [0.15, 0.2) is 29.0 Å². The highest BCUT2D eigenvalue weighted by Crippen LogP contribution is 2.36. The number of aryl methyl sites for hydroxylation is 3. The summed E-state index contributed by atoms with van der Waals surface area (Å²) >= 11 is 0. The Morgan fingerprint density at radius 3 is 2.74 bits per heavy atom. The number of hydrogen-bond donors (Lipinski definition) is 2.